The highest BCUT2D eigenvalue weighted by atomic mass is 32.2. The van der Waals surface area contributed by atoms with Gasteiger partial charge >= 0.3 is 5.97 Å². The van der Waals surface area contributed by atoms with Crippen molar-refractivity contribution in [2.45, 2.75) is 31.1 Å². The van der Waals surface area contributed by atoms with E-state index in [2.05, 4.69) is 31.2 Å². The van der Waals surface area contributed by atoms with Crippen molar-refractivity contribution in [1.82, 2.24) is 4.90 Å². The Morgan fingerprint density at radius 2 is 1.86 bits per heavy atom. The van der Waals surface area contributed by atoms with E-state index in [1.165, 1.54) is 17.6 Å². The third kappa shape index (κ3) is 4.77. The summed E-state index contributed by atoms with van der Waals surface area (Å²) in [6.07, 6.45) is 1.97. The number of hydrogen-bond donors (Lipinski definition) is 0. The molecule has 1 aliphatic heterocycles. The quantitative estimate of drug-likeness (QED) is 0.618. The van der Waals surface area contributed by atoms with E-state index in [-0.39, 0.29) is 17.8 Å². The minimum absolute atomic E-state index is 0.0454. The monoisotopic (exact) mass is 321 g/mol. The first kappa shape index (κ1) is 16.9. The van der Waals surface area contributed by atoms with Crippen molar-refractivity contribution in [3.8, 4) is 0 Å². The van der Waals surface area contributed by atoms with E-state index in [9.17, 15) is 9.59 Å². The predicted molar refractivity (Wildman–Crippen MR) is 87.8 cm³/mol. The van der Waals surface area contributed by atoms with E-state index >= 15 is 0 Å². The van der Waals surface area contributed by atoms with E-state index in [0.717, 1.165) is 5.75 Å². The second kappa shape index (κ2) is 8.22. The van der Waals surface area contributed by atoms with Gasteiger partial charge in [0, 0.05) is 30.2 Å². The maximum absolute atomic E-state index is 12.2. The van der Waals surface area contributed by atoms with Crippen LogP contribution in [0.15, 0.2) is 29.2 Å². The molecule has 1 aromatic rings. The highest BCUT2D eigenvalue weighted by molar-refractivity contribution is 7.99. The molecule has 0 atom stereocenters. The summed E-state index contributed by atoms with van der Waals surface area (Å²) in [5.41, 5.74) is 1.24. The van der Waals surface area contributed by atoms with E-state index < -0.39 is 0 Å². The van der Waals surface area contributed by atoms with Crippen molar-refractivity contribution in [2.75, 3.05) is 26.0 Å². The first-order valence-electron chi connectivity index (χ1n) is 7.65. The number of nitrogens with zero attached hydrogens (tertiary/aromatic N) is 1. The number of amides is 1. The molecule has 0 radical (unpaired) electrons. The van der Waals surface area contributed by atoms with E-state index in [1.807, 2.05) is 4.90 Å². The fourth-order valence-corrected chi connectivity index (χ4v) is 3.42. The lowest BCUT2D eigenvalue weighted by Crippen LogP contribution is -2.40. The molecule has 0 aromatic heterocycles. The van der Waals surface area contributed by atoms with Gasteiger partial charge in [0.25, 0.3) is 0 Å². The molecule has 0 unspecified atom stereocenters. The Bertz CT molecular complexity index is 507. The molecule has 0 aliphatic carbocycles. The number of piperidine rings is 1. The molecule has 1 aromatic carbocycles. The van der Waals surface area contributed by atoms with Gasteiger partial charge in [-0.05, 0) is 31.9 Å². The zero-order chi connectivity index (χ0) is 15.9. The number of carbonyl (C=O) groups is 2. The summed E-state index contributed by atoms with van der Waals surface area (Å²) in [5, 5.41) is 0. The molecule has 0 spiro atoms. The number of rotatable bonds is 5. The Morgan fingerprint density at radius 1 is 1.23 bits per heavy atom. The van der Waals surface area contributed by atoms with Gasteiger partial charge < -0.3 is 9.64 Å². The molecule has 2 rings (SSSR count). The van der Waals surface area contributed by atoms with Crippen LogP contribution in [0.1, 0.15) is 24.8 Å². The predicted octanol–water partition coefficient (Wildman–Crippen LogP) is 2.89. The van der Waals surface area contributed by atoms with Crippen molar-refractivity contribution in [3.63, 3.8) is 0 Å². The zero-order valence-electron chi connectivity index (χ0n) is 13.2. The molecule has 22 heavy (non-hydrogen) atoms. The first-order chi connectivity index (χ1) is 10.6. The maximum Gasteiger partial charge on any atom is 0.308 e. The maximum atomic E-state index is 12.2. The van der Waals surface area contributed by atoms with E-state index in [4.69, 9.17) is 4.74 Å². The van der Waals surface area contributed by atoms with Gasteiger partial charge in [-0.15, -0.1) is 11.8 Å². The normalized spacial score (nSPS) is 15.6. The lowest BCUT2D eigenvalue weighted by Gasteiger charge is -2.30. The Labute approximate surface area is 136 Å². The number of esters is 1. The number of ether oxygens (including phenoxy) is 1. The fraction of sp³-hybridized carbons (Fsp3) is 0.529. The summed E-state index contributed by atoms with van der Waals surface area (Å²) in [4.78, 5) is 26.7. The van der Waals surface area contributed by atoms with Crippen molar-refractivity contribution >= 4 is 23.6 Å². The summed E-state index contributed by atoms with van der Waals surface area (Å²) in [5.74, 6) is 0.777. The number of methoxy groups -OCH3 is 1. The molecule has 0 saturated carbocycles. The molecule has 4 nitrogen and oxygen atoms in total. The topological polar surface area (TPSA) is 46.6 Å². The van der Waals surface area contributed by atoms with Crippen LogP contribution in [-0.2, 0) is 14.3 Å². The number of carbonyl (C=O) groups excluding carboxylic acids is 2. The Hall–Kier alpha value is -1.49. The molecule has 120 valence electrons. The number of aryl methyl sites for hydroxylation is 1. The van der Waals surface area contributed by atoms with Gasteiger partial charge in [0.15, 0.2) is 0 Å². The van der Waals surface area contributed by atoms with Gasteiger partial charge in [0.2, 0.25) is 5.91 Å². The highest BCUT2D eigenvalue weighted by Crippen LogP contribution is 2.22. The largest absolute Gasteiger partial charge is 0.469 e. The second-order valence-electron chi connectivity index (χ2n) is 5.59. The summed E-state index contributed by atoms with van der Waals surface area (Å²) in [7, 11) is 1.42. The minimum atomic E-state index is -0.151. The van der Waals surface area contributed by atoms with Gasteiger partial charge in [0.1, 0.15) is 0 Å². The molecule has 0 bridgehead atoms. The van der Waals surface area contributed by atoms with Crippen molar-refractivity contribution in [2.24, 2.45) is 5.92 Å². The van der Waals surface area contributed by atoms with Crippen LogP contribution in [0.4, 0.5) is 0 Å². The molecule has 1 aliphatic rings. The van der Waals surface area contributed by atoms with Gasteiger partial charge in [-0.3, -0.25) is 9.59 Å². The zero-order valence-corrected chi connectivity index (χ0v) is 14.0. The van der Waals surface area contributed by atoms with Crippen molar-refractivity contribution in [1.29, 1.82) is 0 Å². The Morgan fingerprint density at radius 3 is 2.45 bits per heavy atom. The summed E-state index contributed by atoms with van der Waals surface area (Å²) in [6, 6.07) is 8.35. The Kier molecular flexibility index (Phi) is 6.31. The Balaban J connectivity index is 1.70. The number of benzene rings is 1. The number of hydrogen-bond acceptors (Lipinski definition) is 4. The molecular formula is C17H23NO3S. The van der Waals surface area contributed by atoms with Crippen LogP contribution >= 0.6 is 11.8 Å². The average Bonchev–Trinajstić information content (AvgIpc) is 2.56. The first-order valence-corrected chi connectivity index (χ1v) is 8.64. The molecule has 1 amide bonds. The SMILES string of the molecule is COC(=O)C1CCN(C(=O)CCSc2ccc(C)cc2)CC1. The summed E-state index contributed by atoms with van der Waals surface area (Å²) >= 11 is 1.71. The smallest absolute Gasteiger partial charge is 0.308 e. The fourth-order valence-electron chi connectivity index (χ4n) is 2.58. The number of likely N-dealkylation sites (tertiary alicyclic amines) is 1. The van der Waals surface area contributed by atoms with Gasteiger partial charge in [-0.2, -0.15) is 0 Å². The van der Waals surface area contributed by atoms with E-state index in [1.54, 1.807) is 11.8 Å². The molecule has 5 heteroatoms. The van der Waals surface area contributed by atoms with Crippen LogP contribution in [0.2, 0.25) is 0 Å². The molecular weight excluding hydrogens is 298 g/mol. The van der Waals surface area contributed by atoms with Gasteiger partial charge in [-0.1, -0.05) is 17.7 Å². The molecule has 0 N–H and O–H groups in total. The lowest BCUT2D eigenvalue weighted by molar-refractivity contribution is -0.148. The summed E-state index contributed by atoms with van der Waals surface area (Å²) in [6.45, 7) is 3.39. The van der Waals surface area contributed by atoms with Gasteiger partial charge in [0.05, 0.1) is 13.0 Å². The van der Waals surface area contributed by atoms with Crippen LogP contribution in [0, 0.1) is 12.8 Å². The van der Waals surface area contributed by atoms with Crippen LogP contribution in [-0.4, -0.2) is 42.7 Å². The van der Waals surface area contributed by atoms with E-state index in [0.29, 0.717) is 32.4 Å². The average molecular weight is 321 g/mol. The third-order valence-electron chi connectivity index (χ3n) is 3.99. The molecule has 1 heterocycles. The summed E-state index contributed by atoms with van der Waals surface area (Å²) < 4.78 is 4.76. The second-order valence-corrected chi connectivity index (χ2v) is 6.76. The number of thioether (sulfide) groups is 1. The lowest BCUT2D eigenvalue weighted by atomic mass is 9.97. The van der Waals surface area contributed by atoms with Crippen molar-refractivity contribution < 1.29 is 14.3 Å². The van der Waals surface area contributed by atoms with Crippen LogP contribution in [0.3, 0.4) is 0 Å². The molecule has 1 saturated heterocycles. The van der Waals surface area contributed by atoms with Crippen LogP contribution in [0.5, 0.6) is 0 Å². The van der Waals surface area contributed by atoms with Gasteiger partial charge in [-0.25, -0.2) is 0 Å². The molecule has 1 fully saturated rings. The standard InChI is InChI=1S/C17H23NO3S/c1-13-3-5-15(6-4-13)22-12-9-16(19)18-10-7-14(8-11-18)17(20)21-2/h3-6,14H,7-12H2,1-2H3. The minimum Gasteiger partial charge on any atom is -0.469 e. The van der Waals surface area contributed by atoms with Crippen LogP contribution < -0.4 is 0 Å². The van der Waals surface area contributed by atoms with Crippen LogP contribution in [0.25, 0.3) is 0 Å². The highest BCUT2D eigenvalue weighted by Gasteiger charge is 2.27. The van der Waals surface area contributed by atoms with Crippen molar-refractivity contribution in [3.05, 3.63) is 29.8 Å². The third-order valence-corrected chi connectivity index (χ3v) is 5.00.